The maximum Gasteiger partial charge on any atom is 4.00 e. The van der Waals surface area contributed by atoms with E-state index < -0.39 is 0 Å². The molecule has 0 rings (SSSR count). The molecule has 2 nitrogen and oxygen atoms in total. The molecular formula is MnO2Ti. The molecule has 0 atom stereocenters. The zero-order chi connectivity index (χ0) is 0. The van der Waals surface area contributed by atoms with Crippen LogP contribution in [0.2, 0.25) is 0 Å². The van der Waals surface area contributed by atoms with Crippen molar-refractivity contribution in [3.05, 3.63) is 0 Å². The Morgan fingerprint density at radius 1 is 0.750 bits per heavy atom. The van der Waals surface area contributed by atoms with Crippen LogP contribution in [-0.4, -0.2) is 0 Å². The first kappa shape index (κ1) is 66.8. The average molecular weight is 135 g/mol. The van der Waals surface area contributed by atoms with Gasteiger partial charge in [-0.25, -0.2) is 0 Å². The minimum Gasteiger partial charge on any atom is -2.00 e. The van der Waals surface area contributed by atoms with Crippen LogP contribution < -0.4 is 0 Å². The maximum absolute atomic E-state index is 0. The largest absolute Gasteiger partial charge is 4.00 e. The van der Waals surface area contributed by atoms with Crippen LogP contribution in [0.1, 0.15) is 0 Å². The first-order valence-corrected chi connectivity index (χ1v) is 0. The van der Waals surface area contributed by atoms with Crippen molar-refractivity contribution >= 4 is 0 Å². The molecule has 0 amide bonds. The molecule has 0 bridgehead atoms. The summed E-state index contributed by atoms with van der Waals surface area (Å²) in [6.45, 7) is 0. The van der Waals surface area contributed by atoms with Gasteiger partial charge in [-0.05, 0) is 0 Å². The van der Waals surface area contributed by atoms with E-state index in [0.717, 1.165) is 0 Å². The minimum atomic E-state index is 0. The van der Waals surface area contributed by atoms with Gasteiger partial charge in [0.25, 0.3) is 0 Å². The van der Waals surface area contributed by atoms with Gasteiger partial charge in [-0.1, -0.05) is 0 Å². The molecule has 0 saturated carbocycles. The van der Waals surface area contributed by atoms with Crippen LogP contribution in [0.3, 0.4) is 0 Å². The topological polar surface area (TPSA) is 57.0 Å². The molecule has 0 aliphatic rings. The SMILES string of the molecule is [Mn+4].[O-2].[O-2].[Ti]. The Kier molecular flexibility index (Phi) is 518. The second kappa shape index (κ2) is 31.0. The van der Waals surface area contributed by atoms with Crippen molar-refractivity contribution in [2.75, 3.05) is 0 Å². The van der Waals surface area contributed by atoms with Gasteiger partial charge in [-0.2, -0.15) is 0 Å². The molecule has 0 spiro atoms. The van der Waals surface area contributed by atoms with E-state index >= 15 is 0 Å². The second-order valence-corrected chi connectivity index (χ2v) is 0. The molecule has 0 saturated heterocycles. The molecule has 0 heterocycles. The normalized spacial score (nSPS) is 0. The van der Waals surface area contributed by atoms with Gasteiger partial charge in [0.15, 0.2) is 0 Å². The van der Waals surface area contributed by atoms with E-state index in [1.807, 2.05) is 0 Å². The molecule has 4 heavy (non-hydrogen) atoms. The minimum absolute atomic E-state index is 0. The Morgan fingerprint density at radius 3 is 0.750 bits per heavy atom. The summed E-state index contributed by atoms with van der Waals surface area (Å²) in [5.74, 6) is 0. The van der Waals surface area contributed by atoms with Crippen molar-refractivity contribution in [2.45, 2.75) is 0 Å². The molecule has 0 aromatic carbocycles. The summed E-state index contributed by atoms with van der Waals surface area (Å²) in [5, 5.41) is 0. The second-order valence-electron chi connectivity index (χ2n) is 0. The third-order valence-corrected chi connectivity index (χ3v) is 0. The van der Waals surface area contributed by atoms with Crippen LogP contribution in [-0.2, 0) is 49.7 Å². The predicted molar refractivity (Wildman–Crippen MR) is 1.37 cm³/mol. The molecule has 0 aromatic rings. The van der Waals surface area contributed by atoms with Gasteiger partial charge in [0.1, 0.15) is 0 Å². The smallest absolute Gasteiger partial charge is 2.00 e. The van der Waals surface area contributed by atoms with Gasteiger partial charge < -0.3 is 11.0 Å². The molecule has 23 valence electrons. The first-order valence-electron chi connectivity index (χ1n) is 0. The molecule has 0 unspecified atom stereocenters. The van der Waals surface area contributed by atoms with Crippen LogP contribution in [0.4, 0.5) is 0 Å². The van der Waals surface area contributed by atoms with Crippen LogP contribution >= 0.6 is 0 Å². The van der Waals surface area contributed by atoms with Gasteiger partial charge in [0.05, 0.1) is 0 Å². The fourth-order valence-electron chi connectivity index (χ4n) is 0. The Bertz CT molecular complexity index is 6.00. The van der Waals surface area contributed by atoms with E-state index in [2.05, 4.69) is 0 Å². The standard InChI is InChI=1S/Mn.2O.Ti/q+4;2*-2;. The zero-order valence-corrected chi connectivity index (χ0v) is 4.44. The predicted octanol–water partition coefficient (Wildman–Crippen LogP) is -0.243. The van der Waals surface area contributed by atoms with Crippen molar-refractivity contribution in [2.24, 2.45) is 0 Å². The Morgan fingerprint density at radius 2 is 0.750 bits per heavy atom. The summed E-state index contributed by atoms with van der Waals surface area (Å²) < 4.78 is 0. The summed E-state index contributed by atoms with van der Waals surface area (Å²) in [7, 11) is 0. The summed E-state index contributed by atoms with van der Waals surface area (Å²) in [5.41, 5.74) is 0. The average Bonchev–Trinajstić information content (AvgIpc) is 0. The van der Waals surface area contributed by atoms with E-state index in [0.29, 0.717) is 0 Å². The van der Waals surface area contributed by atoms with Crippen molar-refractivity contribution in [1.29, 1.82) is 0 Å². The van der Waals surface area contributed by atoms with E-state index in [9.17, 15) is 0 Å². The molecule has 1 radical (unpaired) electrons. The number of hydrogen-bond acceptors (Lipinski definition) is 0. The van der Waals surface area contributed by atoms with Gasteiger partial charge in [-0.15, -0.1) is 0 Å². The van der Waals surface area contributed by atoms with Crippen LogP contribution in [0.15, 0.2) is 0 Å². The van der Waals surface area contributed by atoms with Crippen LogP contribution in [0.25, 0.3) is 0 Å². The van der Waals surface area contributed by atoms with Crippen LogP contribution in [0, 0.1) is 0 Å². The van der Waals surface area contributed by atoms with Crippen molar-refractivity contribution in [3.8, 4) is 0 Å². The number of hydrogen-bond donors (Lipinski definition) is 0. The molecule has 0 aromatic heterocycles. The summed E-state index contributed by atoms with van der Waals surface area (Å²) in [6, 6.07) is 0. The Labute approximate surface area is 49.9 Å². The Balaban J connectivity index is 0. The van der Waals surface area contributed by atoms with E-state index in [1.165, 1.54) is 0 Å². The zero-order valence-electron chi connectivity index (χ0n) is 1.69. The van der Waals surface area contributed by atoms with Gasteiger partial charge in [0, 0.05) is 21.7 Å². The first-order chi connectivity index (χ1) is 0. The third-order valence-electron chi connectivity index (χ3n) is 0. The molecule has 4 heteroatoms. The summed E-state index contributed by atoms with van der Waals surface area (Å²) in [4.78, 5) is 0. The molecule has 0 N–H and O–H groups in total. The van der Waals surface area contributed by atoms with Crippen molar-refractivity contribution in [1.82, 2.24) is 0 Å². The molecule has 0 fully saturated rings. The molecule has 0 aliphatic carbocycles. The number of rotatable bonds is 0. The monoisotopic (exact) mass is 135 g/mol. The molecular weight excluding hydrogens is 135 g/mol. The van der Waals surface area contributed by atoms with Crippen molar-refractivity contribution < 1.29 is 49.7 Å². The van der Waals surface area contributed by atoms with Crippen LogP contribution in [0.5, 0.6) is 0 Å². The van der Waals surface area contributed by atoms with Gasteiger partial charge >= 0.3 is 17.1 Å². The Hall–Kier alpha value is 1.15. The maximum atomic E-state index is 0. The van der Waals surface area contributed by atoms with Gasteiger partial charge in [0.2, 0.25) is 0 Å². The third kappa shape index (κ3) is 11.0. The quantitative estimate of drug-likeness (QED) is 0.411. The summed E-state index contributed by atoms with van der Waals surface area (Å²) in [6.07, 6.45) is 0. The fraction of sp³-hybridized carbons (Fsp3) is 0. The van der Waals surface area contributed by atoms with E-state index in [4.69, 9.17) is 0 Å². The molecule has 0 aliphatic heterocycles. The van der Waals surface area contributed by atoms with E-state index in [-0.39, 0.29) is 49.7 Å². The van der Waals surface area contributed by atoms with Crippen molar-refractivity contribution in [3.63, 3.8) is 0 Å². The summed E-state index contributed by atoms with van der Waals surface area (Å²) >= 11 is 0. The van der Waals surface area contributed by atoms with Gasteiger partial charge in [-0.3, -0.25) is 0 Å². The fourth-order valence-corrected chi connectivity index (χ4v) is 0. The van der Waals surface area contributed by atoms with E-state index in [1.54, 1.807) is 0 Å².